The van der Waals surface area contributed by atoms with Crippen molar-refractivity contribution in [2.24, 2.45) is 5.92 Å². The summed E-state index contributed by atoms with van der Waals surface area (Å²) in [4.78, 5) is 2.52. The van der Waals surface area contributed by atoms with Crippen molar-refractivity contribution >= 4 is 0 Å². The van der Waals surface area contributed by atoms with E-state index in [1.165, 1.54) is 44.9 Å². The van der Waals surface area contributed by atoms with Crippen molar-refractivity contribution in [2.45, 2.75) is 76.8 Å². The van der Waals surface area contributed by atoms with Crippen LogP contribution in [0.15, 0.2) is 0 Å². The van der Waals surface area contributed by atoms with Crippen LogP contribution in [0.5, 0.6) is 0 Å². The first kappa shape index (κ1) is 18.9. The van der Waals surface area contributed by atoms with Crippen molar-refractivity contribution in [3.05, 3.63) is 0 Å². The van der Waals surface area contributed by atoms with E-state index in [2.05, 4.69) is 38.2 Å². The van der Waals surface area contributed by atoms with Crippen LogP contribution in [-0.4, -0.2) is 50.8 Å². The van der Waals surface area contributed by atoms with Crippen LogP contribution >= 0.6 is 0 Å². The van der Waals surface area contributed by atoms with E-state index < -0.39 is 0 Å². The van der Waals surface area contributed by atoms with Crippen molar-refractivity contribution < 1.29 is 4.74 Å². The van der Waals surface area contributed by atoms with Crippen LogP contribution in [0.2, 0.25) is 0 Å². The molecule has 1 rings (SSSR count). The molecule has 0 bridgehead atoms. The van der Waals surface area contributed by atoms with Gasteiger partial charge in [0.15, 0.2) is 0 Å². The third-order valence-electron chi connectivity index (χ3n) is 5.40. The van der Waals surface area contributed by atoms with Gasteiger partial charge in [-0.3, -0.25) is 0 Å². The van der Waals surface area contributed by atoms with Crippen molar-refractivity contribution in [1.82, 2.24) is 10.2 Å². The Kier molecular flexibility index (Phi) is 8.84. The Bertz CT molecular complexity index is 260. The van der Waals surface area contributed by atoms with E-state index >= 15 is 0 Å². The first-order valence-electron chi connectivity index (χ1n) is 8.98. The highest BCUT2D eigenvalue weighted by atomic mass is 16.5. The van der Waals surface area contributed by atoms with E-state index in [0.29, 0.717) is 17.5 Å². The smallest absolute Gasteiger partial charge is 0.0465 e. The van der Waals surface area contributed by atoms with Crippen molar-refractivity contribution in [1.29, 1.82) is 0 Å². The minimum Gasteiger partial charge on any atom is -0.385 e. The number of nitrogens with one attached hydrogen (secondary N) is 1. The van der Waals surface area contributed by atoms with E-state index in [-0.39, 0.29) is 0 Å². The lowest BCUT2D eigenvalue weighted by molar-refractivity contribution is 0.0468. The van der Waals surface area contributed by atoms with Crippen LogP contribution in [0.3, 0.4) is 0 Å². The third-order valence-corrected chi connectivity index (χ3v) is 5.40. The van der Waals surface area contributed by atoms with Crippen LogP contribution in [0.1, 0.15) is 65.2 Å². The van der Waals surface area contributed by atoms with Crippen LogP contribution in [0.25, 0.3) is 0 Å². The number of ether oxygens (including phenoxy) is 1. The lowest BCUT2D eigenvalue weighted by atomic mass is 9.75. The van der Waals surface area contributed by atoms with Gasteiger partial charge in [0.25, 0.3) is 0 Å². The molecule has 0 aromatic rings. The molecular weight excluding hydrogens is 260 g/mol. The molecule has 21 heavy (non-hydrogen) atoms. The largest absolute Gasteiger partial charge is 0.385 e. The Labute approximate surface area is 132 Å². The molecule has 2 unspecified atom stereocenters. The highest BCUT2D eigenvalue weighted by Crippen LogP contribution is 2.37. The molecule has 0 amide bonds. The van der Waals surface area contributed by atoms with E-state index in [1.807, 2.05) is 7.11 Å². The maximum Gasteiger partial charge on any atom is 0.0465 e. The molecule has 1 aliphatic rings. The Morgan fingerprint density at radius 2 is 1.76 bits per heavy atom. The minimum atomic E-state index is 0.318. The molecule has 1 aliphatic carbocycles. The Balaban J connectivity index is 2.92. The summed E-state index contributed by atoms with van der Waals surface area (Å²) in [6.45, 7) is 6.66. The summed E-state index contributed by atoms with van der Waals surface area (Å²) in [7, 11) is 6.39. The number of hydrogen-bond acceptors (Lipinski definition) is 3. The van der Waals surface area contributed by atoms with Crippen molar-refractivity contribution in [2.75, 3.05) is 34.4 Å². The van der Waals surface area contributed by atoms with Gasteiger partial charge in [0.1, 0.15) is 0 Å². The van der Waals surface area contributed by atoms with Gasteiger partial charge in [-0.15, -0.1) is 0 Å². The highest BCUT2D eigenvalue weighted by Gasteiger charge is 2.42. The molecule has 126 valence electrons. The molecule has 0 heterocycles. The maximum atomic E-state index is 5.33. The topological polar surface area (TPSA) is 24.5 Å². The van der Waals surface area contributed by atoms with E-state index in [0.717, 1.165) is 19.6 Å². The zero-order valence-electron chi connectivity index (χ0n) is 15.1. The standard InChI is InChI=1S/C18H38N2O/c1-6-14-19-17(16(2)11-15-21-5)18(20(3)4)12-9-7-8-10-13-18/h16-17,19H,6-15H2,1-5H3. The predicted molar refractivity (Wildman–Crippen MR) is 91.9 cm³/mol. The zero-order chi connectivity index (χ0) is 15.7. The summed E-state index contributed by atoms with van der Waals surface area (Å²) in [5.41, 5.74) is 0.318. The average Bonchev–Trinajstić information content (AvgIpc) is 2.72. The van der Waals surface area contributed by atoms with E-state index in [1.54, 1.807) is 0 Å². The molecule has 0 aliphatic heterocycles. The number of hydrogen-bond donors (Lipinski definition) is 1. The van der Waals surface area contributed by atoms with Gasteiger partial charge in [-0.1, -0.05) is 39.5 Å². The van der Waals surface area contributed by atoms with Gasteiger partial charge in [-0.2, -0.15) is 0 Å². The van der Waals surface area contributed by atoms with Gasteiger partial charge < -0.3 is 15.0 Å². The summed E-state index contributed by atoms with van der Waals surface area (Å²) in [6, 6.07) is 0.570. The molecule has 0 radical (unpaired) electrons. The van der Waals surface area contributed by atoms with Gasteiger partial charge in [-0.05, 0) is 52.2 Å². The fraction of sp³-hybridized carbons (Fsp3) is 1.00. The lowest BCUT2D eigenvalue weighted by Gasteiger charge is -2.49. The van der Waals surface area contributed by atoms with E-state index in [4.69, 9.17) is 4.74 Å². The summed E-state index contributed by atoms with van der Waals surface area (Å²) in [6.07, 6.45) is 10.6. The van der Waals surface area contributed by atoms with Crippen molar-refractivity contribution in [3.63, 3.8) is 0 Å². The number of methoxy groups -OCH3 is 1. The van der Waals surface area contributed by atoms with Gasteiger partial charge >= 0.3 is 0 Å². The molecule has 3 heteroatoms. The summed E-state index contributed by atoms with van der Waals surface area (Å²) >= 11 is 0. The van der Waals surface area contributed by atoms with Gasteiger partial charge in [0.05, 0.1) is 0 Å². The summed E-state index contributed by atoms with van der Waals surface area (Å²) in [5, 5.41) is 3.90. The molecule has 1 fully saturated rings. The fourth-order valence-electron chi connectivity index (χ4n) is 4.07. The van der Waals surface area contributed by atoms with Gasteiger partial charge in [-0.25, -0.2) is 0 Å². The second kappa shape index (κ2) is 9.81. The molecule has 0 aromatic heterocycles. The molecule has 0 aromatic carbocycles. The maximum absolute atomic E-state index is 5.33. The molecule has 1 N–H and O–H groups in total. The molecule has 1 saturated carbocycles. The lowest BCUT2D eigenvalue weighted by Crippen LogP contribution is -2.61. The highest BCUT2D eigenvalue weighted by molar-refractivity contribution is 5.01. The van der Waals surface area contributed by atoms with Crippen LogP contribution in [0.4, 0.5) is 0 Å². The van der Waals surface area contributed by atoms with Crippen LogP contribution in [-0.2, 0) is 4.74 Å². The quantitative estimate of drug-likeness (QED) is 0.657. The second-order valence-electron chi connectivity index (χ2n) is 7.10. The molecule has 2 atom stereocenters. The Morgan fingerprint density at radius 1 is 1.14 bits per heavy atom. The monoisotopic (exact) mass is 298 g/mol. The Hall–Kier alpha value is -0.120. The predicted octanol–water partition coefficient (Wildman–Crippen LogP) is 3.68. The molecular formula is C18H38N2O. The normalized spacial score (nSPS) is 22.0. The number of likely N-dealkylation sites (N-methyl/N-ethyl adjacent to an activating group) is 1. The number of nitrogens with zero attached hydrogens (tertiary/aromatic N) is 1. The SMILES string of the molecule is CCCNC(C(C)CCOC)C1(N(C)C)CCCCCC1. The first-order valence-corrected chi connectivity index (χ1v) is 8.98. The van der Waals surface area contributed by atoms with Gasteiger partial charge in [0, 0.05) is 25.3 Å². The van der Waals surface area contributed by atoms with E-state index in [9.17, 15) is 0 Å². The zero-order valence-corrected chi connectivity index (χ0v) is 15.1. The number of rotatable bonds is 9. The van der Waals surface area contributed by atoms with Gasteiger partial charge in [0.2, 0.25) is 0 Å². The van der Waals surface area contributed by atoms with Crippen LogP contribution < -0.4 is 5.32 Å². The molecule has 0 saturated heterocycles. The Morgan fingerprint density at radius 3 is 2.24 bits per heavy atom. The summed E-state index contributed by atoms with van der Waals surface area (Å²) < 4.78 is 5.33. The molecule has 3 nitrogen and oxygen atoms in total. The summed E-state index contributed by atoms with van der Waals surface area (Å²) in [5.74, 6) is 0.650. The minimum absolute atomic E-state index is 0.318. The second-order valence-corrected chi connectivity index (χ2v) is 7.10. The average molecular weight is 299 g/mol. The van der Waals surface area contributed by atoms with Crippen LogP contribution in [0, 0.1) is 5.92 Å². The van der Waals surface area contributed by atoms with Crippen molar-refractivity contribution in [3.8, 4) is 0 Å². The molecule has 0 spiro atoms. The first-order chi connectivity index (χ1) is 10.1. The third kappa shape index (κ3) is 5.22. The fourth-order valence-corrected chi connectivity index (χ4v) is 4.07.